The van der Waals surface area contributed by atoms with Crippen molar-refractivity contribution in [2.45, 2.75) is 12.8 Å². The fourth-order valence-electron chi connectivity index (χ4n) is 5.01. The number of halogens is 1. The summed E-state index contributed by atoms with van der Waals surface area (Å²) < 4.78 is 0. The third-order valence-corrected chi connectivity index (χ3v) is 7.56. The molecule has 5 rings (SSSR count). The van der Waals surface area contributed by atoms with E-state index >= 15 is 0 Å². The standard InChI is InChI=1S/C30H32ClN5O2/c1-3-35-15-17-36(18-16-35)20-27(37)34(2)24-12-10-23(11-13-24)32-29(21-7-5-4-6-8-21)28-25-14-9-22(31)19-26(25)33-30(28)38/h4-14,19,28H,3,15-18,20H2,1-2H3,(H,33,38). The van der Waals surface area contributed by atoms with Crippen LogP contribution >= 0.6 is 11.6 Å². The molecule has 2 amide bonds. The Morgan fingerprint density at radius 2 is 1.68 bits per heavy atom. The van der Waals surface area contributed by atoms with Crippen molar-refractivity contribution in [2.75, 3.05) is 56.5 Å². The van der Waals surface area contributed by atoms with E-state index in [0.717, 1.165) is 49.5 Å². The van der Waals surface area contributed by atoms with Gasteiger partial charge in [0.2, 0.25) is 11.8 Å². The van der Waals surface area contributed by atoms with E-state index in [4.69, 9.17) is 16.6 Å². The molecule has 3 aromatic rings. The predicted octanol–water partition coefficient (Wildman–Crippen LogP) is 4.80. The van der Waals surface area contributed by atoms with Crippen LogP contribution < -0.4 is 10.2 Å². The van der Waals surface area contributed by atoms with Crippen LogP contribution in [0.25, 0.3) is 0 Å². The first-order valence-corrected chi connectivity index (χ1v) is 13.4. The lowest BCUT2D eigenvalue weighted by Gasteiger charge is -2.34. The molecule has 0 radical (unpaired) electrons. The van der Waals surface area contributed by atoms with Crippen LogP contribution in [-0.4, -0.2) is 73.6 Å². The van der Waals surface area contributed by atoms with Crippen molar-refractivity contribution in [1.82, 2.24) is 9.80 Å². The molecule has 38 heavy (non-hydrogen) atoms. The Bertz CT molecular complexity index is 1330. The first-order valence-electron chi connectivity index (χ1n) is 13.0. The van der Waals surface area contributed by atoms with Gasteiger partial charge in [0, 0.05) is 49.6 Å². The molecule has 0 saturated carbocycles. The molecule has 1 N–H and O–H groups in total. The highest BCUT2D eigenvalue weighted by molar-refractivity contribution is 6.31. The summed E-state index contributed by atoms with van der Waals surface area (Å²) in [6.07, 6.45) is 0. The second kappa shape index (κ2) is 11.5. The third-order valence-electron chi connectivity index (χ3n) is 7.32. The molecule has 0 aliphatic carbocycles. The second-order valence-electron chi connectivity index (χ2n) is 9.70. The molecule has 8 heteroatoms. The summed E-state index contributed by atoms with van der Waals surface area (Å²) in [6.45, 7) is 7.45. The monoisotopic (exact) mass is 529 g/mol. The third kappa shape index (κ3) is 5.65. The van der Waals surface area contributed by atoms with Crippen molar-refractivity contribution in [1.29, 1.82) is 0 Å². The fourth-order valence-corrected chi connectivity index (χ4v) is 5.18. The summed E-state index contributed by atoms with van der Waals surface area (Å²) in [5.41, 5.74) is 4.61. The minimum atomic E-state index is -0.554. The second-order valence-corrected chi connectivity index (χ2v) is 10.1. The van der Waals surface area contributed by atoms with Crippen LogP contribution in [0.15, 0.2) is 77.8 Å². The number of hydrogen-bond donors (Lipinski definition) is 1. The zero-order chi connectivity index (χ0) is 26.6. The lowest BCUT2D eigenvalue weighted by Crippen LogP contribution is -2.49. The summed E-state index contributed by atoms with van der Waals surface area (Å²) in [7, 11) is 1.81. The topological polar surface area (TPSA) is 68.2 Å². The normalized spacial score (nSPS) is 18.2. The zero-order valence-corrected chi connectivity index (χ0v) is 22.5. The molecule has 1 atom stereocenters. The van der Waals surface area contributed by atoms with E-state index in [1.54, 1.807) is 17.0 Å². The summed E-state index contributed by atoms with van der Waals surface area (Å²) >= 11 is 6.16. The number of rotatable bonds is 7. The molecule has 3 aromatic carbocycles. The minimum Gasteiger partial charge on any atom is -0.325 e. The summed E-state index contributed by atoms with van der Waals surface area (Å²) in [5.74, 6) is -0.623. The molecule has 7 nitrogen and oxygen atoms in total. The van der Waals surface area contributed by atoms with Crippen LogP contribution in [0.3, 0.4) is 0 Å². The van der Waals surface area contributed by atoms with Crippen molar-refractivity contribution >= 4 is 46.2 Å². The van der Waals surface area contributed by atoms with Gasteiger partial charge in [-0.15, -0.1) is 0 Å². The van der Waals surface area contributed by atoms with Crippen molar-refractivity contribution in [3.05, 3.63) is 88.9 Å². The number of carbonyl (C=O) groups excluding carboxylic acids is 2. The number of piperazine rings is 1. The number of likely N-dealkylation sites (N-methyl/N-ethyl adjacent to an activating group) is 2. The number of anilines is 2. The van der Waals surface area contributed by atoms with Crippen molar-refractivity contribution < 1.29 is 9.59 Å². The van der Waals surface area contributed by atoms with Gasteiger partial charge in [-0.05, 0) is 54.1 Å². The van der Waals surface area contributed by atoms with Gasteiger partial charge < -0.3 is 15.1 Å². The van der Waals surface area contributed by atoms with Gasteiger partial charge in [-0.1, -0.05) is 54.9 Å². The maximum atomic E-state index is 13.1. The maximum Gasteiger partial charge on any atom is 0.240 e. The van der Waals surface area contributed by atoms with Crippen molar-refractivity contribution in [3.8, 4) is 0 Å². The molecular formula is C30H32ClN5O2. The Labute approximate surface area is 228 Å². The van der Waals surface area contributed by atoms with E-state index in [1.165, 1.54) is 0 Å². The number of nitrogens with zero attached hydrogens (tertiary/aromatic N) is 4. The lowest BCUT2D eigenvalue weighted by atomic mass is 9.90. The van der Waals surface area contributed by atoms with E-state index in [9.17, 15) is 9.59 Å². The maximum absolute atomic E-state index is 13.1. The van der Waals surface area contributed by atoms with Crippen LogP contribution in [0.2, 0.25) is 5.02 Å². The number of nitrogens with one attached hydrogen (secondary N) is 1. The van der Waals surface area contributed by atoms with Crippen LogP contribution in [0, 0.1) is 0 Å². The van der Waals surface area contributed by atoms with Crippen LogP contribution in [-0.2, 0) is 9.59 Å². The Hall–Kier alpha value is -3.52. The van der Waals surface area contributed by atoms with Crippen LogP contribution in [0.5, 0.6) is 0 Å². The highest BCUT2D eigenvalue weighted by atomic mass is 35.5. The SMILES string of the molecule is CCN1CCN(CC(=O)N(C)c2ccc(N=C(c3ccccc3)C3C(=O)Nc4cc(Cl)ccc43)cc2)CC1. The van der Waals surface area contributed by atoms with Gasteiger partial charge in [-0.2, -0.15) is 0 Å². The van der Waals surface area contributed by atoms with Gasteiger partial charge in [-0.25, -0.2) is 0 Å². The Kier molecular flexibility index (Phi) is 7.88. The van der Waals surface area contributed by atoms with E-state index in [1.807, 2.05) is 67.7 Å². The molecular weight excluding hydrogens is 498 g/mol. The zero-order valence-electron chi connectivity index (χ0n) is 21.7. The highest BCUT2D eigenvalue weighted by Crippen LogP contribution is 2.37. The predicted molar refractivity (Wildman–Crippen MR) is 154 cm³/mol. The number of aliphatic imine (C=N–C) groups is 1. The van der Waals surface area contributed by atoms with E-state index < -0.39 is 5.92 Å². The van der Waals surface area contributed by atoms with Crippen LogP contribution in [0.1, 0.15) is 24.0 Å². The van der Waals surface area contributed by atoms with Crippen LogP contribution in [0.4, 0.5) is 17.1 Å². The summed E-state index contributed by atoms with van der Waals surface area (Å²) in [6, 6.07) is 22.7. The number of amides is 2. The number of carbonyl (C=O) groups is 2. The van der Waals surface area contributed by atoms with E-state index in [-0.39, 0.29) is 11.8 Å². The van der Waals surface area contributed by atoms with Gasteiger partial charge in [0.05, 0.1) is 17.9 Å². The largest absolute Gasteiger partial charge is 0.325 e. The lowest BCUT2D eigenvalue weighted by molar-refractivity contribution is -0.120. The molecule has 1 unspecified atom stereocenters. The molecule has 196 valence electrons. The molecule has 2 aliphatic heterocycles. The molecule has 0 bridgehead atoms. The average Bonchev–Trinajstić information content (AvgIpc) is 3.26. The Morgan fingerprint density at radius 3 is 2.37 bits per heavy atom. The molecule has 1 saturated heterocycles. The van der Waals surface area contributed by atoms with Gasteiger partial charge in [-0.3, -0.25) is 19.5 Å². The molecule has 1 fully saturated rings. The van der Waals surface area contributed by atoms with Gasteiger partial charge in [0.1, 0.15) is 5.92 Å². The number of fused-ring (bicyclic) bond motifs is 1. The quantitative estimate of drug-likeness (QED) is 0.447. The summed E-state index contributed by atoms with van der Waals surface area (Å²) in [4.78, 5) is 37.3. The Morgan fingerprint density at radius 1 is 1.00 bits per heavy atom. The number of hydrogen-bond acceptors (Lipinski definition) is 5. The highest BCUT2D eigenvalue weighted by Gasteiger charge is 2.35. The number of benzene rings is 3. The van der Waals surface area contributed by atoms with Gasteiger partial charge in [0.25, 0.3) is 0 Å². The van der Waals surface area contributed by atoms with E-state index in [2.05, 4.69) is 22.0 Å². The smallest absolute Gasteiger partial charge is 0.240 e. The molecule has 0 spiro atoms. The first-order chi connectivity index (χ1) is 18.4. The first kappa shape index (κ1) is 26.1. The van der Waals surface area contributed by atoms with Gasteiger partial charge >= 0.3 is 0 Å². The van der Waals surface area contributed by atoms with Crippen molar-refractivity contribution in [3.63, 3.8) is 0 Å². The molecule has 0 aromatic heterocycles. The Balaban J connectivity index is 1.36. The minimum absolute atomic E-state index is 0.0640. The average molecular weight is 530 g/mol. The fraction of sp³-hybridized carbons (Fsp3) is 0.300. The summed E-state index contributed by atoms with van der Waals surface area (Å²) in [5, 5.41) is 3.51. The molecule has 2 heterocycles. The van der Waals surface area contributed by atoms with Crippen molar-refractivity contribution in [2.24, 2.45) is 4.99 Å². The van der Waals surface area contributed by atoms with Gasteiger partial charge in [0.15, 0.2) is 0 Å². The molecule has 2 aliphatic rings. The van der Waals surface area contributed by atoms with E-state index in [0.29, 0.717) is 28.7 Å².